The zero-order chi connectivity index (χ0) is 15.6. The van der Waals surface area contributed by atoms with Gasteiger partial charge in [-0.3, -0.25) is 9.59 Å². The van der Waals surface area contributed by atoms with E-state index in [4.69, 9.17) is 0 Å². The number of carboxylic acids is 1. The quantitative estimate of drug-likeness (QED) is 0.873. The van der Waals surface area contributed by atoms with Crippen molar-refractivity contribution in [2.75, 3.05) is 5.32 Å². The second-order valence-corrected chi connectivity index (χ2v) is 6.36. The van der Waals surface area contributed by atoms with Gasteiger partial charge in [-0.2, -0.15) is 0 Å². The maximum absolute atomic E-state index is 12.5. The topological polar surface area (TPSA) is 83.5 Å². The van der Waals surface area contributed by atoms with Crippen LogP contribution >= 0.6 is 11.3 Å². The van der Waals surface area contributed by atoms with Crippen molar-refractivity contribution in [3.05, 3.63) is 16.0 Å². The number of aromatic carboxylic acids is 1. The molecule has 21 heavy (non-hydrogen) atoms. The first kappa shape index (κ1) is 15.7. The number of Topliss-reactive ketones (excluding diaryl/α,β-unsaturated/α-hetero) is 1. The summed E-state index contributed by atoms with van der Waals surface area (Å²) >= 11 is 1.10. The minimum Gasteiger partial charge on any atom is -0.478 e. The third-order valence-corrected chi connectivity index (χ3v) is 4.92. The third kappa shape index (κ3) is 3.15. The van der Waals surface area contributed by atoms with E-state index in [0.717, 1.165) is 30.6 Å². The number of carboxylic acid groups (broad SMARTS) is 1. The van der Waals surface area contributed by atoms with Crippen LogP contribution in [0, 0.1) is 5.92 Å². The summed E-state index contributed by atoms with van der Waals surface area (Å²) in [5.74, 6) is -1.39. The molecule has 1 aliphatic carbocycles. The van der Waals surface area contributed by atoms with Crippen LogP contribution in [-0.4, -0.2) is 22.8 Å². The number of anilines is 1. The van der Waals surface area contributed by atoms with Gasteiger partial charge < -0.3 is 10.4 Å². The summed E-state index contributed by atoms with van der Waals surface area (Å²) in [4.78, 5) is 35.7. The Balaban J connectivity index is 2.37. The summed E-state index contributed by atoms with van der Waals surface area (Å²) in [7, 11) is 0. The Kier molecular flexibility index (Phi) is 4.77. The predicted molar refractivity (Wildman–Crippen MR) is 81.2 cm³/mol. The molecule has 0 aliphatic heterocycles. The highest BCUT2D eigenvalue weighted by atomic mass is 32.1. The zero-order valence-corrected chi connectivity index (χ0v) is 13.0. The van der Waals surface area contributed by atoms with Crippen molar-refractivity contribution in [3.63, 3.8) is 0 Å². The fourth-order valence-electron chi connectivity index (χ4n) is 2.74. The maximum Gasteiger partial charge on any atom is 0.339 e. The number of unbranched alkanes of at least 4 members (excludes halogenated alkanes) is 1. The molecule has 2 rings (SSSR count). The molecule has 0 bridgehead atoms. The van der Waals surface area contributed by atoms with Crippen LogP contribution in [-0.2, 0) is 11.2 Å². The summed E-state index contributed by atoms with van der Waals surface area (Å²) in [5.41, 5.74) is 0.682. The molecule has 1 aromatic heterocycles. The lowest BCUT2D eigenvalue weighted by Gasteiger charge is -2.20. The molecular weight excluding hydrogens is 290 g/mol. The van der Waals surface area contributed by atoms with Gasteiger partial charge in [0.05, 0.1) is 10.4 Å². The Morgan fingerprint density at radius 1 is 1.43 bits per heavy atom. The lowest BCUT2D eigenvalue weighted by Crippen LogP contribution is -2.22. The Morgan fingerprint density at radius 2 is 2.14 bits per heavy atom. The molecule has 6 heteroatoms. The molecule has 0 aromatic carbocycles. The Labute approximate surface area is 127 Å². The maximum atomic E-state index is 12.5. The van der Waals surface area contributed by atoms with Crippen molar-refractivity contribution in [2.45, 2.75) is 46.0 Å². The van der Waals surface area contributed by atoms with E-state index in [9.17, 15) is 19.5 Å². The van der Waals surface area contributed by atoms with Gasteiger partial charge in [-0.15, -0.1) is 11.3 Å². The van der Waals surface area contributed by atoms with Crippen molar-refractivity contribution in [1.29, 1.82) is 0 Å². The molecule has 1 unspecified atom stereocenters. The number of ketones is 1. The van der Waals surface area contributed by atoms with E-state index in [1.165, 1.54) is 6.92 Å². The van der Waals surface area contributed by atoms with Crippen molar-refractivity contribution in [2.24, 2.45) is 5.92 Å². The minimum absolute atomic E-state index is 0.0112. The van der Waals surface area contributed by atoms with Crippen LogP contribution in [0.1, 0.15) is 65.1 Å². The standard InChI is InChI=1S/C15H19NO4S/c1-3-4-5-9-6-7-10-11(15(19)20)14(16-8(2)17)21-13(10)12(9)18/h9H,3-7H2,1-2H3,(H,16,17)(H,19,20). The summed E-state index contributed by atoms with van der Waals surface area (Å²) in [6, 6.07) is 0. The number of hydrogen-bond acceptors (Lipinski definition) is 4. The molecule has 5 nitrogen and oxygen atoms in total. The highest BCUT2D eigenvalue weighted by molar-refractivity contribution is 7.18. The summed E-state index contributed by atoms with van der Waals surface area (Å²) in [6.45, 7) is 3.41. The number of nitrogens with one attached hydrogen (secondary N) is 1. The summed E-state index contributed by atoms with van der Waals surface area (Å²) in [5, 5.41) is 12.2. The predicted octanol–water partition coefficient (Wildman–Crippen LogP) is 3.34. The van der Waals surface area contributed by atoms with Gasteiger partial charge in [0.15, 0.2) is 5.78 Å². The van der Waals surface area contributed by atoms with Gasteiger partial charge >= 0.3 is 5.97 Å². The summed E-state index contributed by atoms with van der Waals surface area (Å²) in [6.07, 6.45) is 4.18. The number of amides is 1. The van der Waals surface area contributed by atoms with E-state index >= 15 is 0 Å². The first-order chi connectivity index (χ1) is 9.95. The van der Waals surface area contributed by atoms with E-state index in [1.807, 2.05) is 0 Å². The van der Waals surface area contributed by atoms with Crippen LogP contribution in [0.15, 0.2) is 0 Å². The molecule has 114 valence electrons. The molecule has 0 fully saturated rings. The van der Waals surface area contributed by atoms with Crippen molar-refractivity contribution in [3.8, 4) is 0 Å². The molecule has 1 amide bonds. The molecule has 0 radical (unpaired) electrons. The van der Waals surface area contributed by atoms with Gasteiger partial charge in [0.1, 0.15) is 5.00 Å². The monoisotopic (exact) mass is 309 g/mol. The fraction of sp³-hybridized carbons (Fsp3) is 0.533. The van der Waals surface area contributed by atoms with Gasteiger partial charge in [0.25, 0.3) is 0 Å². The normalized spacial score (nSPS) is 17.4. The van der Waals surface area contributed by atoms with Crippen LogP contribution in [0.5, 0.6) is 0 Å². The van der Waals surface area contributed by atoms with Crippen molar-refractivity contribution < 1.29 is 19.5 Å². The van der Waals surface area contributed by atoms with Gasteiger partial charge in [-0.05, 0) is 24.8 Å². The van der Waals surface area contributed by atoms with Gasteiger partial charge in [0.2, 0.25) is 5.91 Å². The molecular formula is C15H19NO4S. The largest absolute Gasteiger partial charge is 0.478 e. The number of fused-ring (bicyclic) bond motifs is 1. The molecule has 1 aromatic rings. The average molecular weight is 309 g/mol. The Morgan fingerprint density at radius 3 is 2.71 bits per heavy atom. The minimum atomic E-state index is -1.09. The van der Waals surface area contributed by atoms with Crippen molar-refractivity contribution in [1.82, 2.24) is 0 Å². The number of rotatable bonds is 5. The number of carbonyl (C=O) groups excluding carboxylic acids is 2. The second-order valence-electron chi connectivity index (χ2n) is 5.34. The van der Waals surface area contributed by atoms with Crippen LogP contribution < -0.4 is 5.32 Å². The molecule has 1 atom stereocenters. The zero-order valence-electron chi connectivity index (χ0n) is 12.2. The fourth-order valence-corrected chi connectivity index (χ4v) is 4.04. The van der Waals surface area contributed by atoms with Gasteiger partial charge in [0, 0.05) is 12.8 Å². The number of thiophene rings is 1. The van der Waals surface area contributed by atoms with E-state index in [0.29, 0.717) is 23.3 Å². The summed E-state index contributed by atoms with van der Waals surface area (Å²) < 4.78 is 0. The second kappa shape index (κ2) is 6.39. The lowest BCUT2D eigenvalue weighted by molar-refractivity contribution is -0.114. The smallest absolute Gasteiger partial charge is 0.339 e. The van der Waals surface area contributed by atoms with Crippen molar-refractivity contribution >= 4 is 34.0 Å². The van der Waals surface area contributed by atoms with Crippen LogP contribution in [0.3, 0.4) is 0 Å². The average Bonchev–Trinajstić information content (AvgIpc) is 2.76. The molecule has 1 heterocycles. The highest BCUT2D eigenvalue weighted by Crippen LogP contribution is 2.40. The number of hydrogen-bond donors (Lipinski definition) is 2. The van der Waals surface area contributed by atoms with E-state index in [-0.39, 0.29) is 28.2 Å². The SMILES string of the molecule is CCCCC1CCc2c(sc(NC(C)=O)c2C(=O)O)C1=O. The van der Waals surface area contributed by atoms with Gasteiger partial charge in [-0.25, -0.2) is 4.79 Å². The first-order valence-corrected chi connectivity index (χ1v) is 7.98. The molecule has 0 saturated carbocycles. The van der Waals surface area contributed by atoms with Crippen LogP contribution in [0.2, 0.25) is 0 Å². The highest BCUT2D eigenvalue weighted by Gasteiger charge is 2.34. The first-order valence-electron chi connectivity index (χ1n) is 7.16. The molecule has 1 aliphatic rings. The Bertz CT molecular complexity index is 591. The van der Waals surface area contributed by atoms with E-state index in [1.54, 1.807) is 0 Å². The molecule has 0 spiro atoms. The molecule has 2 N–H and O–H groups in total. The van der Waals surface area contributed by atoms with Gasteiger partial charge in [-0.1, -0.05) is 19.8 Å². The van der Waals surface area contributed by atoms with E-state index < -0.39 is 5.97 Å². The third-order valence-electron chi connectivity index (χ3n) is 3.75. The number of carbonyl (C=O) groups is 3. The van der Waals surface area contributed by atoms with E-state index in [2.05, 4.69) is 12.2 Å². The van der Waals surface area contributed by atoms with Crippen LogP contribution in [0.25, 0.3) is 0 Å². The molecule has 0 saturated heterocycles. The van der Waals surface area contributed by atoms with Crippen LogP contribution in [0.4, 0.5) is 5.00 Å². The Hall–Kier alpha value is -1.69. The lowest BCUT2D eigenvalue weighted by atomic mass is 9.83.